The van der Waals surface area contributed by atoms with Crippen LogP contribution in [-0.2, 0) is 16.1 Å². The van der Waals surface area contributed by atoms with Gasteiger partial charge in [0, 0.05) is 46.7 Å². The lowest BCUT2D eigenvalue weighted by atomic mass is 10.2. The number of aromatic nitrogens is 1. The monoisotopic (exact) mass is 681 g/mol. The number of carboxylic acids is 1. The van der Waals surface area contributed by atoms with E-state index in [0.717, 1.165) is 5.39 Å². The molecule has 0 unspecified atom stereocenters. The van der Waals surface area contributed by atoms with E-state index in [1.807, 2.05) is 25.1 Å². The van der Waals surface area contributed by atoms with Gasteiger partial charge < -0.3 is 30.4 Å². The lowest BCUT2D eigenvalue weighted by Crippen LogP contribution is -2.23. The second-order valence-electron chi connectivity index (χ2n) is 9.81. The maximum absolute atomic E-state index is 15.3. The summed E-state index contributed by atoms with van der Waals surface area (Å²) in [7, 11) is 3.79. The fraction of sp³-hybridized carbons (Fsp3) is 0.200. The van der Waals surface area contributed by atoms with Crippen molar-refractivity contribution in [3.8, 4) is 17.6 Å². The summed E-state index contributed by atoms with van der Waals surface area (Å²) in [4.78, 5) is 38.8. The number of amides is 2. The second-order valence-corrected chi connectivity index (χ2v) is 10.7. The third-order valence-corrected chi connectivity index (χ3v) is 6.48. The minimum absolute atomic E-state index is 0.0151. The van der Waals surface area contributed by atoms with E-state index < -0.39 is 23.9 Å². The molecule has 0 fully saturated rings. The Hall–Kier alpha value is -4.84. The normalized spacial score (nSPS) is 11.0. The number of carboxylic acid groups (broad SMARTS) is 1. The molecule has 46 heavy (non-hydrogen) atoms. The van der Waals surface area contributed by atoms with E-state index in [9.17, 15) is 22.8 Å². The molecule has 0 aliphatic carbocycles. The van der Waals surface area contributed by atoms with Gasteiger partial charge in [0.15, 0.2) is 11.6 Å². The highest BCUT2D eigenvalue weighted by Gasteiger charge is 2.38. The molecule has 0 spiro atoms. The predicted molar refractivity (Wildman–Crippen MR) is 163 cm³/mol. The number of hydrogen-bond acceptors (Lipinski definition) is 6. The lowest BCUT2D eigenvalue weighted by molar-refractivity contribution is -0.192. The number of ether oxygens (including phenoxy) is 1. The molecule has 0 radical (unpaired) electrons. The van der Waals surface area contributed by atoms with Crippen LogP contribution in [0.5, 0.6) is 11.5 Å². The summed E-state index contributed by atoms with van der Waals surface area (Å²) in [6.45, 7) is 0.493. The zero-order chi connectivity index (χ0) is 34.2. The van der Waals surface area contributed by atoms with Crippen molar-refractivity contribution in [1.29, 1.82) is 5.26 Å². The van der Waals surface area contributed by atoms with Crippen molar-refractivity contribution in [1.82, 2.24) is 15.2 Å². The van der Waals surface area contributed by atoms with Crippen molar-refractivity contribution in [2.75, 3.05) is 26.0 Å². The zero-order valence-corrected chi connectivity index (χ0v) is 25.6. The van der Waals surface area contributed by atoms with Gasteiger partial charge in [0.1, 0.15) is 11.4 Å². The van der Waals surface area contributed by atoms with Gasteiger partial charge in [-0.2, -0.15) is 18.4 Å². The van der Waals surface area contributed by atoms with Gasteiger partial charge in [0.25, 0.3) is 5.91 Å². The molecule has 4 rings (SSSR count). The Morgan fingerprint density at radius 1 is 1.07 bits per heavy atom. The molecule has 16 heteroatoms. The van der Waals surface area contributed by atoms with Crippen molar-refractivity contribution in [2.24, 2.45) is 0 Å². The van der Waals surface area contributed by atoms with E-state index in [-0.39, 0.29) is 50.8 Å². The number of hydrogen-bond donors (Lipinski definition) is 4. The quantitative estimate of drug-likeness (QED) is 0.143. The summed E-state index contributed by atoms with van der Waals surface area (Å²) in [5.41, 5.74) is 1.99. The van der Waals surface area contributed by atoms with E-state index in [2.05, 4.69) is 15.6 Å². The smallest absolute Gasteiger partial charge is 0.475 e. The minimum Gasteiger partial charge on any atom is -0.475 e. The fourth-order valence-electron chi connectivity index (χ4n) is 3.76. The van der Waals surface area contributed by atoms with E-state index in [0.29, 0.717) is 24.2 Å². The zero-order valence-electron chi connectivity index (χ0n) is 24.1. The molecule has 1 heterocycles. The number of aromatic amines is 1. The Bertz CT molecular complexity index is 1800. The van der Waals surface area contributed by atoms with Crippen LogP contribution < -0.4 is 15.4 Å². The number of anilines is 1. The number of nitrogens with one attached hydrogen (secondary N) is 3. The van der Waals surface area contributed by atoms with Crippen LogP contribution in [0.2, 0.25) is 10.0 Å². The first-order valence-corrected chi connectivity index (χ1v) is 13.8. The van der Waals surface area contributed by atoms with Crippen molar-refractivity contribution in [2.45, 2.75) is 19.1 Å². The number of alkyl halides is 3. The topological polar surface area (TPSA) is 148 Å². The summed E-state index contributed by atoms with van der Waals surface area (Å²) in [6, 6.07) is 16.1. The van der Waals surface area contributed by atoms with Gasteiger partial charge in [-0.05, 0) is 62.6 Å². The average Bonchev–Trinajstić information content (AvgIpc) is 3.41. The highest BCUT2D eigenvalue weighted by atomic mass is 35.5. The number of benzene rings is 3. The Balaban J connectivity index is 0.000000738. The van der Waals surface area contributed by atoms with Crippen LogP contribution in [0.25, 0.3) is 10.9 Å². The number of rotatable bonds is 9. The van der Waals surface area contributed by atoms with Crippen LogP contribution in [0.4, 0.5) is 23.2 Å². The second kappa shape index (κ2) is 15.4. The molecule has 242 valence electrons. The summed E-state index contributed by atoms with van der Waals surface area (Å²) in [5.74, 6) is -4.17. The standard InChI is InChI=1S/C28H24Cl2FN5O3.C2HF3O2/c1-36(2)8-7-25(37)34-20-4-6-23-18(11-20)12-24(35-23)28(38)33-15-17-3-5-22(30)27(26(17)31)39-21-10-16(14-32)9-19(29)13-21;3-2(4,5)1(6)7/h3-6,9-13,35H,7-8,15H2,1-2H3,(H,33,38)(H,34,37);(H,6,7). The molecule has 0 aliphatic heterocycles. The van der Waals surface area contributed by atoms with Crippen LogP contribution in [0.15, 0.2) is 54.6 Å². The van der Waals surface area contributed by atoms with Crippen molar-refractivity contribution >= 4 is 57.6 Å². The molecule has 0 saturated carbocycles. The average molecular weight is 682 g/mol. The number of fused-ring (bicyclic) bond motifs is 1. The molecule has 0 atom stereocenters. The van der Waals surface area contributed by atoms with Gasteiger partial charge in [-0.25, -0.2) is 9.18 Å². The SMILES string of the molecule is CN(C)CCC(=O)Nc1ccc2[nH]c(C(=O)NCc3ccc(Cl)c(Oc4cc(Cl)cc(C#N)c4)c3F)cc2c1.O=C(O)C(F)(F)F. The van der Waals surface area contributed by atoms with Crippen LogP contribution >= 0.6 is 23.2 Å². The summed E-state index contributed by atoms with van der Waals surface area (Å²) < 4.78 is 52.6. The molecule has 4 N–H and O–H groups in total. The highest BCUT2D eigenvalue weighted by Crippen LogP contribution is 2.35. The predicted octanol–water partition coefficient (Wildman–Crippen LogP) is 6.73. The number of nitriles is 1. The van der Waals surface area contributed by atoms with Crippen LogP contribution in [-0.4, -0.2) is 59.6 Å². The Morgan fingerprint density at radius 3 is 2.39 bits per heavy atom. The third kappa shape index (κ3) is 10.1. The molecule has 4 aromatic rings. The van der Waals surface area contributed by atoms with Crippen LogP contribution in [0.3, 0.4) is 0 Å². The summed E-state index contributed by atoms with van der Waals surface area (Å²) in [5, 5.41) is 22.8. The van der Waals surface area contributed by atoms with Crippen molar-refractivity contribution in [3.63, 3.8) is 0 Å². The van der Waals surface area contributed by atoms with Crippen molar-refractivity contribution < 1.29 is 41.8 Å². The first-order chi connectivity index (χ1) is 21.6. The van der Waals surface area contributed by atoms with E-state index in [4.69, 9.17) is 43.1 Å². The highest BCUT2D eigenvalue weighted by molar-refractivity contribution is 6.32. The van der Waals surface area contributed by atoms with Crippen LogP contribution in [0, 0.1) is 17.1 Å². The molecular weight excluding hydrogens is 657 g/mol. The molecule has 0 bridgehead atoms. The van der Waals surface area contributed by atoms with E-state index in [1.54, 1.807) is 24.3 Å². The summed E-state index contributed by atoms with van der Waals surface area (Å²) in [6.07, 6.45) is -4.72. The number of H-pyrrole nitrogens is 1. The summed E-state index contributed by atoms with van der Waals surface area (Å²) >= 11 is 12.2. The van der Waals surface area contributed by atoms with Crippen LogP contribution in [0.1, 0.15) is 28.0 Å². The maximum atomic E-state index is 15.3. The molecule has 1 aromatic heterocycles. The van der Waals surface area contributed by atoms with Gasteiger partial charge in [0.05, 0.1) is 16.7 Å². The third-order valence-electron chi connectivity index (χ3n) is 5.97. The van der Waals surface area contributed by atoms with Gasteiger partial charge >= 0.3 is 12.1 Å². The largest absolute Gasteiger partial charge is 0.490 e. The Labute approximate surface area is 269 Å². The molecule has 2 amide bonds. The van der Waals surface area contributed by atoms with Gasteiger partial charge in [0.2, 0.25) is 5.91 Å². The molecule has 3 aromatic carbocycles. The first kappa shape index (κ1) is 35.6. The number of carbonyl (C=O) groups excluding carboxylic acids is 2. The lowest BCUT2D eigenvalue weighted by Gasteiger charge is -2.13. The number of aliphatic carboxylic acids is 1. The first-order valence-electron chi connectivity index (χ1n) is 13.1. The molecule has 0 aliphatic rings. The molecule has 0 saturated heterocycles. The van der Waals surface area contributed by atoms with Gasteiger partial charge in [-0.15, -0.1) is 0 Å². The fourth-order valence-corrected chi connectivity index (χ4v) is 4.17. The van der Waals surface area contributed by atoms with Gasteiger partial charge in [-0.3, -0.25) is 9.59 Å². The van der Waals surface area contributed by atoms with Crippen molar-refractivity contribution in [3.05, 3.63) is 87.3 Å². The Kier molecular flexibility index (Phi) is 12.0. The molecule has 10 nitrogen and oxygen atoms in total. The van der Waals surface area contributed by atoms with Gasteiger partial charge in [-0.1, -0.05) is 29.3 Å². The van der Waals surface area contributed by atoms with E-state index >= 15 is 4.39 Å². The Morgan fingerprint density at radius 2 is 1.76 bits per heavy atom. The minimum atomic E-state index is -5.08. The number of nitrogens with zero attached hydrogens (tertiary/aromatic N) is 2. The number of carbonyl (C=O) groups is 3. The number of halogens is 6. The molecular formula is C30H25Cl2F4N5O5. The van der Waals surface area contributed by atoms with E-state index in [1.165, 1.54) is 30.3 Å². The maximum Gasteiger partial charge on any atom is 0.490 e.